The molecule has 0 radical (unpaired) electrons. The maximum atomic E-state index is 8.91. The first kappa shape index (κ1) is 13.7. The molecule has 92 valence electrons. The standard InChI is InChI=1S/C15H22N2/c1-4-13-7-5-6-8-14(13)11-17-10-9-15(2,3)12-16/h5-8,17H,4,9-11H2,1-3H3. The minimum Gasteiger partial charge on any atom is -0.313 e. The molecule has 0 atom stereocenters. The lowest BCUT2D eigenvalue weighted by molar-refractivity contribution is 0.432. The first-order valence-corrected chi connectivity index (χ1v) is 6.28. The van der Waals surface area contributed by atoms with Crippen molar-refractivity contribution in [2.24, 2.45) is 5.41 Å². The minimum atomic E-state index is -0.225. The molecule has 0 saturated heterocycles. The Labute approximate surface area is 105 Å². The van der Waals surface area contributed by atoms with E-state index in [4.69, 9.17) is 5.26 Å². The van der Waals surface area contributed by atoms with E-state index in [9.17, 15) is 0 Å². The third-order valence-electron chi connectivity index (χ3n) is 3.04. The van der Waals surface area contributed by atoms with E-state index in [1.165, 1.54) is 11.1 Å². The Morgan fingerprint density at radius 2 is 1.88 bits per heavy atom. The molecule has 0 unspecified atom stereocenters. The average molecular weight is 230 g/mol. The quantitative estimate of drug-likeness (QED) is 0.761. The zero-order valence-corrected chi connectivity index (χ0v) is 11.1. The number of aryl methyl sites for hydroxylation is 1. The molecule has 0 heterocycles. The summed E-state index contributed by atoms with van der Waals surface area (Å²) in [5.41, 5.74) is 2.54. The fourth-order valence-corrected chi connectivity index (χ4v) is 1.75. The van der Waals surface area contributed by atoms with Crippen molar-refractivity contribution in [1.82, 2.24) is 5.32 Å². The Balaban J connectivity index is 2.39. The lowest BCUT2D eigenvalue weighted by Crippen LogP contribution is -2.21. The Hall–Kier alpha value is -1.33. The summed E-state index contributed by atoms with van der Waals surface area (Å²) in [4.78, 5) is 0. The van der Waals surface area contributed by atoms with Gasteiger partial charge in [-0.25, -0.2) is 0 Å². The molecule has 1 aromatic carbocycles. The summed E-state index contributed by atoms with van der Waals surface area (Å²) in [5, 5.41) is 12.3. The van der Waals surface area contributed by atoms with Crippen molar-refractivity contribution in [3.63, 3.8) is 0 Å². The van der Waals surface area contributed by atoms with Gasteiger partial charge in [-0.1, -0.05) is 31.2 Å². The molecule has 0 fully saturated rings. The van der Waals surface area contributed by atoms with E-state index in [0.29, 0.717) is 0 Å². The number of nitrogens with one attached hydrogen (secondary N) is 1. The van der Waals surface area contributed by atoms with Gasteiger partial charge in [0.1, 0.15) is 0 Å². The van der Waals surface area contributed by atoms with Crippen LogP contribution in [0, 0.1) is 16.7 Å². The highest BCUT2D eigenvalue weighted by atomic mass is 14.8. The van der Waals surface area contributed by atoms with Crippen molar-refractivity contribution < 1.29 is 0 Å². The van der Waals surface area contributed by atoms with Gasteiger partial charge >= 0.3 is 0 Å². The van der Waals surface area contributed by atoms with Gasteiger partial charge in [0.25, 0.3) is 0 Å². The van der Waals surface area contributed by atoms with Crippen molar-refractivity contribution in [3.05, 3.63) is 35.4 Å². The summed E-state index contributed by atoms with van der Waals surface area (Å²) in [7, 11) is 0. The van der Waals surface area contributed by atoms with Gasteiger partial charge in [-0.2, -0.15) is 5.26 Å². The normalized spacial score (nSPS) is 11.2. The molecule has 1 N–H and O–H groups in total. The molecular weight excluding hydrogens is 208 g/mol. The van der Waals surface area contributed by atoms with E-state index < -0.39 is 0 Å². The number of hydrogen-bond acceptors (Lipinski definition) is 2. The molecule has 1 aromatic rings. The molecule has 0 aromatic heterocycles. The Kier molecular flexibility index (Phi) is 5.18. The number of nitriles is 1. The van der Waals surface area contributed by atoms with E-state index in [1.807, 2.05) is 13.8 Å². The molecule has 0 aliphatic heterocycles. The second-order valence-electron chi connectivity index (χ2n) is 5.04. The first-order chi connectivity index (χ1) is 8.09. The molecule has 0 amide bonds. The van der Waals surface area contributed by atoms with Gasteiger partial charge in [0.05, 0.1) is 11.5 Å². The molecule has 0 bridgehead atoms. The van der Waals surface area contributed by atoms with Crippen LogP contribution in [0.15, 0.2) is 24.3 Å². The van der Waals surface area contributed by atoms with Crippen LogP contribution in [0.25, 0.3) is 0 Å². The van der Waals surface area contributed by atoms with Crippen LogP contribution in [0.5, 0.6) is 0 Å². The number of nitrogens with zero attached hydrogens (tertiary/aromatic N) is 1. The van der Waals surface area contributed by atoms with Crippen LogP contribution in [-0.4, -0.2) is 6.54 Å². The van der Waals surface area contributed by atoms with Crippen molar-refractivity contribution >= 4 is 0 Å². The lowest BCUT2D eigenvalue weighted by atomic mass is 9.91. The highest BCUT2D eigenvalue weighted by Crippen LogP contribution is 2.17. The highest BCUT2D eigenvalue weighted by molar-refractivity contribution is 5.26. The summed E-state index contributed by atoms with van der Waals surface area (Å²) in [6.07, 6.45) is 1.96. The van der Waals surface area contributed by atoms with E-state index in [0.717, 1.165) is 25.9 Å². The molecule has 2 heteroatoms. The second-order valence-corrected chi connectivity index (χ2v) is 5.04. The zero-order chi connectivity index (χ0) is 12.7. The van der Waals surface area contributed by atoms with Gasteiger partial charge in [0.2, 0.25) is 0 Å². The monoisotopic (exact) mass is 230 g/mol. The smallest absolute Gasteiger partial charge is 0.0684 e. The average Bonchev–Trinajstić information content (AvgIpc) is 2.35. The SMILES string of the molecule is CCc1ccccc1CNCCC(C)(C)C#N. The molecular formula is C15H22N2. The van der Waals surface area contributed by atoms with Gasteiger partial charge in [0, 0.05) is 6.54 Å². The maximum Gasteiger partial charge on any atom is 0.0684 e. The topological polar surface area (TPSA) is 35.8 Å². The van der Waals surface area contributed by atoms with Crippen LogP contribution in [0.4, 0.5) is 0 Å². The zero-order valence-electron chi connectivity index (χ0n) is 11.1. The van der Waals surface area contributed by atoms with Crippen LogP contribution in [0.2, 0.25) is 0 Å². The predicted octanol–water partition coefficient (Wildman–Crippen LogP) is 3.28. The Morgan fingerprint density at radius 1 is 1.24 bits per heavy atom. The minimum absolute atomic E-state index is 0.225. The molecule has 0 aliphatic carbocycles. The van der Waals surface area contributed by atoms with Crippen molar-refractivity contribution in [3.8, 4) is 6.07 Å². The van der Waals surface area contributed by atoms with Crippen LogP contribution >= 0.6 is 0 Å². The Morgan fingerprint density at radius 3 is 2.47 bits per heavy atom. The van der Waals surface area contributed by atoms with E-state index in [-0.39, 0.29) is 5.41 Å². The summed E-state index contributed by atoms with van der Waals surface area (Å²) in [5.74, 6) is 0. The fourth-order valence-electron chi connectivity index (χ4n) is 1.75. The summed E-state index contributed by atoms with van der Waals surface area (Å²) >= 11 is 0. The van der Waals surface area contributed by atoms with Crippen LogP contribution < -0.4 is 5.32 Å². The van der Waals surface area contributed by atoms with Crippen LogP contribution in [-0.2, 0) is 13.0 Å². The molecule has 17 heavy (non-hydrogen) atoms. The first-order valence-electron chi connectivity index (χ1n) is 6.28. The summed E-state index contributed by atoms with van der Waals surface area (Å²) in [6.45, 7) is 7.92. The number of rotatable bonds is 6. The maximum absolute atomic E-state index is 8.91. The molecule has 0 spiro atoms. The lowest BCUT2D eigenvalue weighted by Gasteiger charge is -2.15. The summed E-state index contributed by atoms with van der Waals surface area (Å²) in [6, 6.07) is 10.8. The van der Waals surface area contributed by atoms with Gasteiger partial charge in [0.15, 0.2) is 0 Å². The third kappa shape index (κ3) is 4.58. The fraction of sp³-hybridized carbons (Fsp3) is 0.533. The van der Waals surface area contributed by atoms with E-state index in [2.05, 4.69) is 42.6 Å². The second kappa shape index (κ2) is 6.42. The molecule has 0 aliphatic rings. The van der Waals surface area contributed by atoms with Gasteiger partial charge in [-0.3, -0.25) is 0 Å². The third-order valence-corrected chi connectivity index (χ3v) is 3.04. The van der Waals surface area contributed by atoms with Crippen molar-refractivity contribution in [1.29, 1.82) is 5.26 Å². The highest BCUT2D eigenvalue weighted by Gasteiger charge is 2.15. The molecule has 2 nitrogen and oxygen atoms in total. The predicted molar refractivity (Wildman–Crippen MR) is 71.5 cm³/mol. The van der Waals surface area contributed by atoms with E-state index in [1.54, 1.807) is 0 Å². The van der Waals surface area contributed by atoms with E-state index >= 15 is 0 Å². The van der Waals surface area contributed by atoms with Crippen LogP contribution in [0.3, 0.4) is 0 Å². The number of hydrogen-bond donors (Lipinski definition) is 1. The number of benzene rings is 1. The Bertz CT molecular complexity index is 388. The van der Waals surface area contributed by atoms with Gasteiger partial charge in [-0.05, 0) is 44.4 Å². The van der Waals surface area contributed by atoms with Crippen molar-refractivity contribution in [2.45, 2.75) is 40.2 Å². The van der Waals surface area contributed by atoms with Crippen LogP contribution in [0.1, 0.15) is 38.3 Å². The van der Waals surface area contributed by atoms with Gasteiger partial charge < -0.3 is 5.32 Å². The molecule has 1 rings (SSSR count). The largest absolute Gasteiger partial charge is 0.313 e. The summed E-state index contributed by atoms with van der Waals surface area (Å²) < 4.78 is 0. The van der Waals surface area contributed by atoms with Gasteiger partial charge in [-0.15, -0.1) is 0 Å². The van der Waals surface area contributed by atoms with Crippen molar-refractivity contribution in [2.75, 3.05) is 6.54 Å². The molecule has 0 saturated carbocycles.